The Balaban J connectivity index is 2.01. The molecule has 0 atom stereocenters. The lowest BCUT2D eigenvalue weighted by molar-refractivity contribution is 0.0958. The Hall–Kier alpha value is -2.40. The minimum Gasteiger partial charge on any atom is -0.392 e. The smallest absolute Gasteiger partial charge is 0.269 e. The van der Waals surface area contributed by atoms with Gasteiger partial charge in [-0.05, 0) is 23.3 Å². The van der Waals surface area contributed by atoms with E-state index in [0.29, 0.717) is 12.2 Å². The summed E-state index contributed by atoms with van der Waals surface area (Å²) < 4.78 is 0. The summed E-state index contributed by atoms with van der Waals surface area (Å²) in [7, 11) is 1.58. The predicted molar refractivity (Wildman–Crippen MR) is 77.3 cm³/mol. The van der Waals surface area contributed by atoms with E-state index in [0.717, 1.165) is 16.8 Å². The lowest BCUT2D eigenvalue weighted by atomic mass is 10.1. The minimum atomic E-state index is -0.207. The normalized spacial score (nSPS) is 10.1. The van der Waals surface area contributed by atoms with Gasteiger partial charge < -0.3 is 15.7 Å². The molecule has 0 radical (unpaired) electrons. The van der Waals surface area contributed by atoms with E-state index >= 15 is 0 Å². The molecule has 5 nitrogen and oxygen atoms in total. The van der Waals surface area contributed by atoms with Gasteiger partial charge in [-0.3, -0.25) is 9.78 Å². The van der Waals surface area contributed by atoms with Crippen LogP contribution in [0, 0.1) is 0 Å². The van der Waals surface area contributed by atoms with Gasteiger partial charge in [-0.2, -0.15) is 0 Å². The molecule has 0 saturated carbocycles. The lowest BCUT2D eigenvalue weighted by Crippen LogP contribution is -2.19. The lowest BCUT2D eigenvalue weighted by Gasteiger charge is -2.08. The molecule has 20 heavy (non-hydrogen) atoms. The summed E-state index contributed by atoms with van der Waals surface area (Å²) in [5.74, 6) is -0.207. The molecule has 5 heteroatoms. The van der Waals surface area contributed by atoms with Crippen molar-refractivity contribution in [1.29, 1.82) is 0 Å². The molecule has 2 aromatic rings. The Morgan fingerprint density at radius 2 is 1.90 bits per heavy atom. The van der Waals surface area contributed by atoms with Crippen molar-refractivity contribution in [3.05, 3.63) is 59.4 Å². The van der Waals surface area contributed by atoms with Crippen molar-refractivity contribution in [1.82, 2.24) is 10.3 Å². The van der Waals surface area contributed by atoms with E-state index in [1.54, 1.807) is 19.3 Å². The van der Waals surface area contributed by atoms with Crippen LogP contribution in [0.5, 0.6) is 0 Å². The number of carbonyl (C=O) groups excluding carboxylic acids is 1. The van der Waals surface area contributed by atoms with E-state index < -0.39 is 0 Å². The average molecular weight is 271 g/mol. The van der Waals surface area contributed by atoms with Gasteiger partial charge in [-0.15, -0.1) is 0 Å². The number of rotatable bonds is 5. The van der Waals surface area contributed by atoms with E-state index in [2.05, 4.69) is 15.6 Å². The number of nitrogens with one attached hydrogen (secondary N) is 2. The van der Waals surface area contributed by atoms with Gasteiger partial charge in [0, 0.05) is 25.5 Å². The molecule has 0 spiro atoms. The van der Waals surface area contributed by atoms with Gasteiger partial charge in [-0.25, -0.2) is 0 Å². The van der Waals surface area contributed by atoms with Crippen molar-refractivity contribution in [3.63, 3.8) is 0 Å². The van der Waals surface area contributed by atoms with Crippen molar-refractivity contribution < 1.29 is 9.90 Å². The Kier molecular flexibility index (Phi) is 4.68. The fourth-order valence-electron chi connectivity index (χ4n) is 1.76. The van der Waals surface area contributed by atoms with Crippen LogP contribution in [0.3, 0.4) is 0 Å². The van der Waals surface area contributed by atoms with Gasteiger partial charge in [0.25, 0.3) is 5.91 Å². The maximum atomic E-state index is 11.5. The average Bonchev–Trinajstić information content (AvgIpc) is 2.53. The fourth-order valence-corrected chi connectivity index (χ4v) is 1.76. The molecule has 0 unspecified atom stereocenters. The predicted octanol–water partition coefficient (Wildman–Crippen LogP) is 1.55. The van der Waals surface area contributed by atoms with E-state index in [4.69, 9.17) is 5.11 Å². The van der Waals surface area contributed by atoms with Crippen LogP contribution in [-0.2, 0) is 13.2 Å². The Morgan fingerprint density at radius 1 is 1.20 bits per heavy atom. The first-order valence-electron chi connectivity index (χ1n) is 6.33. The highest BCUT2D eigenvalue weighted by Gasteiger charge is 2.05. The van der Waals surface area contributed by atoms with Gasteiger partial charge in [0.15, 0.2) is 0 Å². The summed E-state index contributed by atoms with van der Waals surface area (Å²) in [5, 5.41) is 14.8. The van der Waals surface area contributed by atoms with Gasteiger partial charge in [-0.1, -0.05) is 24.3 Å². The Morgan fingerprint density at radius 3 is 2.55 bits per heavy atom. The number of carbonyl (C=O) groups is 1. The highest BCUT2D eigenvalue weighted by Crippen LogP contribution is 2.11. The molecule has 3 N–H and O–H groups in total. The summed E-state index contributed by atoms with van der Waals surface area (Å²) in [6, 6.07) is 11.2. The third-order valence-electron chi connectivity index (χ3n) is 2.92. The SMILES string of the molecule is CNC(=O)c1cc(NCc2ccc(CO)cc2)ccn1. The van der Waals surface area contributed by atoms with Crippen molar-refractivity contribution in [2.24, 2.45) is 0 Å². The molecule has 0 aliphatic heterocycles. The molecule has 0 fully saturated rings. The summed E-state index contributed by atoms with van der Waals surface area (Å²) in [4.78, 5) is 15.5. The number of aliphatic hydroxyl groups excluding tert-OH is 1. The summed E-state index contributed by atoms with van der Waals surface area (Å²) in [5.41, 5.74) is 3.21. The first-order chi connectivity index (χ1) is 9.72. The Labute approximate surface area is 117 Å². The van der Waals surface area contributed by atoms with E-state index in [1.165, 1.54) is 0 Å². The third-order valence-corrected chi connectivity index (χ3v) is 2.92. The van der Waals surface area contributed by atoms with Crippen LogP contribution in [-0.4, -0.2) is 23.0 Å². The second-order valence-electron chi connectivity index (χ2n) is 4.34. The van der Waals surface area contributed by atoms with Crippen LogP contribution >= 0.6 is 0 Å². The molecule has 104 valence electrons. The quantitative estimate of drug-likeness (QED) is 0.771. The van der Waals surface area contributed by atoms with Crippen molar-refractivity contribution in [3.8, 4) is 0 Å². The number of aromatic nitrogens is 1. The van der Waals surface area contributed by atoms with E-state index in [9.17, 15) is 4.79 Å². The highest BCUT2D eigenvalue weighted by atomic mass is 16.3. The summed E-state index contributed by atoms with van der Waals surface area (Å²) in [6.07, 6.45) is 1.60. The molecular formula is C15H17N3O2. The number of hydrogen-bond acceptors (Lipinski definition) is 4. The van der Waals surface area contributed by atoms with Gasteiger partial charge in [0.05, 0.1) is 6.61 Å². The second kappa shape index (κ2) is 6.68. The van der Waals surface area contributed by atoms with Crippen molar-refractivity contribution in [2.45, 2.75) is 13.2 Å². The van der Waals surface area contributed by atoms with Gasteiger partial charge in [0.2, 0.25) is 0 Å². The molecule has 1 amide bonds. The highest BCUT2D eigenvalue weighted by molar-refractivity contribution is 5.92. The van der Waals surface area contributed by atoms with Crippen LogP contribution < -0.4 is 10.6 Å². The Bertz CT molecular complexity index is 582. The molecule has 0 aliphatic rings. The minimum absolute atomic E-state index is 0.0492. The van der Waals surface area contributed by atoms with Gasteiger partial charge in [0.1, 0.15) is 5.69 Å². The maximum absolute atomic E-state index is 11.5. The molecule has 0 aliphatic carbocycles. The van der Waals surface area contributed by atoms with Crippen molar-refractivity contribution >= 4 is 11.6 Å². The molecule has 0 saturated heterocycles. The molecule has 2 rings (SSSR count). The maximum Gasteiger partial charge on any atom is 0.269 e. The second-order valence-corrected chi connectivity index (χ2v) is 4.34. The van der Waals surface area contributed by atoms with Crippen molar-refractivity contribution in [2.75, 3.05) is 12.4 Å². The first-order valence-corrected chi connectivity index (χ1v) is 6.33. The molecule has 1 heterocycles. The largest absolute Gasteiger partial charge is 0.392 e. The third kappa shape index (κ3) is 3.55. The number of hydrogen-bond donors (Lipinski definition) is 3. The van der Waals surface area contributed by atoms with Crippen LogP contribution in [0.4, 0.5) is 5.69 Å². The number of aliphatic hydroxyl groups is 1. The van der Waals surface area contributed by atoms with E-state index in [1.807, 2.05) is 30.3 Å². The number of anilines is 1. The number of benzene rings is 1. The number of pyridine rings is 1. The van der Waals surface area contributed by atoms with Gasteiger partial charge >= 0.3 is 0 Å². The zero-order valence-corrected chi connectivity index (χ0v) is 11.3. The number of amides is 1. The molecule has 1 aromatic carbocycles. The van der Waals surface area contributed by atoms with E-state index in [-0.39, 0.29) is 12.5 Å². The van der Waals surface area contributed by atoms with Crippen LogP contribution in [0.15, 0.2) is 42.6 Å². The topological polar surface area (TPSA) is 74.2 Å². The van der Waals surface area contributed by atoms with Crippen LogP contribution in [0.25, 0.3) is 0 Å². The summed E-state index contributed by atoms with van der Waals surface area (Å²) >= 11 is 0. The standard InChI is InChI=1S/C15H17N3O2/c1-16-15(20)14-8-13(6-7-17-14)18-9-11-2-4-12(10-19)5-3-11/h2-8,19H,9-10H2,1H3,(H,16,20)(H,17,18). The molecule has 0 bridgehead atoms. The molecular weight excluding hydrogens is 254 g/mol. The van der Waals surface area contributed by atoms with Crippen LogP contribution in [0.1, 0.15) is 21.6 Å². The zero-order valence-electron chi connectivity index (χ0n) is 11.3. The monoisotopic (exact) mass is 271 g/mol. The first kappa shape index (κ1) is 14.0. The fraction of sp³-hybridized carbons (Fsp3) is 0.200. The zero-order chi connectivity index (χ0) is 14.4. The number of nitrogens with zero attached hydrogens (tertiary/aromatic N) is 1. The van der Waals surface area contributed by atoms with Crippen LogP contribution in [0.2, 0.25) is 0 Å². The summed E-state index contributed by atoms with van der Waals surface area (Å²) in [6.45, 7) is 0.691. The molecule has 1 aromatic heterocycles.